The largest absolute Gasteiger partial charge is 0.475 e. The maximum Gasteiger partial charge on any atom is 0.307 e. The molecule has 238 valence electrons. The molecule has 3 heterocycles. The number of piperazine rings is 1. The van der Waals surface area contributed by atoms with E-state index in [9.17, 15) is 9.59 Å². The molecule has 0 N–H and O–H groups in total. The van der Waals surface area contributed by atoms with Gasteiger partial charge in [-0.2, -0.15) is 0 Å². The van der Waals surface area contributed by atoms with Gasteiger partial charge in [0.2, 0.25) is 5.91 Å². The SMILES string of the molecule is CCCCCCCCCC(=O)OCN1C(=O)CCc2ccc(OC(CCC)N3CCN(c4cccc5sccc45)CC3)cc21. The molecule has 3 aromatic rings. The van der Waals surface area contributed by atoms with E-state index in [1.165, 1.54) is 41.5 Å². The van der Waals surface area contributed by atoms with E-state index in [0.717, 1.165) is 75.3 Å². The fourth-order valence-electron chi connectivity index (χ4n) is 6.39. The van der Waals surface area contributed by atoms with Crippen LogP contribution in [0, 0.1) is 0 Å². The van der Waals surface area contributed by atoms with Gasteiger partial charge in [-0.15, -0.1) is 11.3 Å². The molecular weight excluding hydrogens is 570 g/mol. The number of hydrogen-bond donors (Lipinski definition) is 0. The number of hydrogen-bond acceptors (Lipinski definition) is 7. The summed E-state index contributed by atoms with van der Waals surface area (Å²) in [7, 11) is 0. The van der Waals surface area contributed by atoms with Crippen molar-refractivity contribution in [3.8, 4) is 5.75 Å². The van der Waals surface area contributed by atoms with Gasteiger partial charge in [0, 0.05) is 60.9 Å². The number of benzene rings is 2. The van der Waals surface area contributed by atoms with Crippen molar-refractivity contribution in [1.29, 1.82) is 0 Å². The van der Waals surface area contributed by atoms with Crippen molar-refractivity contribution in [1.82, 2.24) is 4.90 Å². The van der Waals surface area contributed by atoms with Gasteiger partial charge in [-0.05, 0) is 54.5 Å². The highest BCUT2D eigenvalue weighted by Gasteiger charge is 2.28. The van der Waals surface area contributed by atoms with Crippen LogP contribution in [0.2, 0.25) is 0 Å². The van der Waals surface area contributed by atoms with Crippen molar-refractivity contribution >= 4 is 44.7 Å². The number of carbonyl (C=O) groups is 2. The lowest BCUT2D eigenvalue weighted by Crippen LogP contribution is -2.52. The maximum absolute atomic E-state index is 12.9. The van der Waals surface area contributed by atoms with Gasteiger partial charge in [-0.3, -0.25) is 19.4 Å². The first-order chi connectivity index (χ1) is 21.6. The minimum Gasteiger partial charge on any atom is -0.475 e. The highest BCUT2D eigenvalue weighted by molar-refractivity contribution is 7.17. The van der Waals surface area contributed by atoms with E-state index in [-0.39, 0.29) is 24.8 Å². The average Bonchev–Trinajstić information content (AvgIpc) is 3.53. The third kappa shape index (κ3) is 8.33. The molecule has 0 radical (unpaired) electrons. The Balaban J connectivity index is 1.16. The lowest BCUT2D eigenvalue weighted by molar-refractivity contribution is -0.144. The van der Waals surface area contributed by atoms with Crippen LogP contribution in [-0.2, 0) is 20.7 Å². The summed E-state index contributed by atoms with van der Waals surface area (Å²) < 4.78 is 13.6. The zero-order valence-electron chi connectivity index (χ0n) is 26.6. The molecule has 1 fully saturated rings. The molecule has 1 amide bonds. The molecule has 1 aromatic heterocycles. The summed E-state index contributed by atoms with van der Waals surface area (Å²) in [6, 6.07) is 14.9. The zero-order chi connectivity index (χ0) is 30.7. The van der Waals surface area contributed by atoms with Gasteiger partial charge in [-0.1, -0.05) is 70.9 Å². The lowest BCUT2D eigenvalue weighted by atomic mass is 10.0. The summed E-state index contributed by atoms with van der Waals surface area (Å²) in [5.74, 6) is 0.505. The molecule has 1 atom stereocenters. The predicted octanol–water partition coefficient (Wildman–Crippen LogP) is 8.15. The molecule has 5 rings (SSSR count). The van der Waals surface area contributed by atoms with E-state index < -0.39 is 0 Å². The maximum atomic E-state index is 12.9. The minimum absolute atomic E-state index is 0.0137. The van der Waals surface area contributed by atoms with E-state index in [2.05, 4.69) is 59.4 Å². The molecule has 7 nitrogen and oxygen atoms in total. The first-order valence-electron chi connectivity index (χ1n) is 16.8. The summed E-state index contributed by atoms with van der Waals surface area (Å²) >= 11 is 1.79. The molecule has 2 aromatic carbocycles. The number of rotatable bonds is 16. The smallest absolute Gasteiger partial charge is 0.307 e. The number of esters is 1. The molecule has 0 bridgehead atoms. The van der Waals surface area contributed by atoms with Gasteiger partial charge in [0.15, 0.2) is 13.0 Å². The Hall–Kier alpha value is -3.10. The molecule has 2 aliphatic heterocycles. The fourth-order valence-corrected chi connectivity index (χ4v) is 7.20. The number of nitrogens with zero attached hydrogens (tertiary/aromatic N) is 3. The van der Waals surface area contributed by atoms with Gasteiger partial charge in [0.25, 0.3) is 0 Å². The van der Waals surface area contributed by atoms with Crippen LogP contribution in [0.25, 0.3) is 10.1 Å². The molecule has 0 aliphatic carbocycles. The van der Waals surface area contributed by atoms with E-state index in [1.807, 2.05) is 12.1 Å². The van der Waals surface area contributed by atoms with Crippen molar-refractivity contribution in [3.63, 3.8) is 0 Å². The van der Waals surface area contributed by atoms with Crippen molar-refractivity contribution in [2.45, 2.75) is 97.1 Å². The number of anilines is 2. The molecule has 0 saturated carbocycles. The molecule has 1 saturated heterocycles. The van der Waals surface area contributed by atoms with Crippen LogP contribution in [0.3, 0.4) is 0 Å². The third-order valence-corrected chi connectivity index (χ3v) is 9.82. The van der Waals surface area contributed by atoms with E-state index in [0.29, 0.717) is 19.3 Å². The lowest BCUT2D eigenvalue weighted by Gasteiger charge is -2.40. The Morgan fingerprint density at radius 3 is 2.48 bits per heavy atom. The molecular formula is C36H49N3O4S. The summed E-state index contributed by atoms with van der Waals surface area (Å²) in [6.07, 6.45) is 11.5. The van der Waals surface area contributed by atoms with E-state index >= 15 is 0 Å². The van der Waals surface area contributed by atoms with Gasteiger partial charge in [0.05, 0.1) is 5.69 Å². The Labute approximate surface area is 267 Å². The number of amides is 1. The number of thiophene rings is 1. The van der Waals surface area contributed by atoms with Crippen molar-refractivity contribution in [2.75, 3.05) is 42.7 Å². The van der Waals surface area contributed by atoms with Gasteiger partial charge in [0.1, 0.15) is 5.75 Å². The summed E-state index contributed by atoms with van der Waals surface area (Å²) in [5, 5.41) is 3.51. The van der Waals surface area contributed by atoms with Crippen LogP contribution in [0.4, 0.5) is 11.4 Å². The molecule has 44 heavy (non-hydrogen) atoms. The standard InChI is InChI=1S/C36H49N3O4S/c1-3-5-6-7-8-9-10-15-36(41)42-27-39-32-26-29(18-16-28(32)17-19-34(39)40)43-35(12-4-2)38-23-21-37(22-24-38)31-13-11-14-33-30(31)20-25-44-33/h11,13-14,16,18,20,25-26,35H,3-10,12,15,17,19,21-24,27H2,1-2H3. The molecule has 2 aliphatic rings. The Kier molecular flexibility index (Phi) is 11.9. The highest BCUT2D eigenvalue weighted by atomic mass is 32.1. The van der Waals surface area contributed by atoms with Crippen molar-refractivity contribution in [2.24, 2.45) is 0 Å². The van der Waals surface area contributed by atoms with Crippen LogP contribution in [0.15, 0.2) is 47.8 Å². The number of carbonyl (C=O) groups excluding carboxylic acids is 2. The van der Waals surface area contributed by atoms with Gasteiger partial charge in [-0.25, -0.2) is 0 Å². The average molecular weight is 620 g/mol. The Morgan fingerprint density at radius 2 is 1.68 bits per heavy atom. The second kappa shape index (κ2) is 16.3. The highest BCUT2D eigenvalue weighted by Crippen LogP contribution is 2.34. The topological polar surface area (TPSA) is 62.3 Å². The monoisotopic (exact) mass is 619 g/mol. The second-order valence-electron chi connectivity index (χ2n) is 12.1. The van der Waals surface area contributed by atoms with Crippen LogP contribution in [0.5, 0.6) is 5.75 Å². The van der Waals surface area contributed by atoms with Crippen LogP contribution in [0.1, 0.15) is 90.0 Å². The second-order valence-corrected chi connectivity index (χ2v) is 13.1. The van der Waals surface area contributed by atoms with Crippen LogP contribution < -0.4 is 14.5 Å². The summed E-state index contributed by atoms with van der Waals surface area (Å²) in [4.78, 5) is 32.0. The first-order valence-corrected chi connectivity index (χ1v) is 17.7. The zero-order valence-corrected chi connectivity index (χ0v) is 27.4. The van der Waals surface area contributed by atoms with Crippen molar-refractivity contribution < 1.29 is 19.1 Å². The Bertz CT molecular complexity index is 1370. The fraction of sp³-hybridized carbons (Fsp3) is 0.556. The van der Waals surface area contributed by atoms with Crippen LogP contribution >= 0.6 is 11.3 Å². The summed E-state index contributed by atoms with van der Waals surface area (Å²) in [6.45, 7) is 8.13. The van der Waals surface area contributed by atoms with Gasteiger partial charge >= 0.3 is 5.97 Å². The predicted molar refractivity (Wildman–Crippen MR) is 181 cm³/mol. The van der Waals surface area contributed by atoms with Crippen molar-refractivity contribution in [3.05, 3.63) is 53.4 Å². The normalized spacial score (nSPS) is 16.3. The van der Waals surface area contributed by atoms with E-state index in [4.69, 9.17) is 9.47 Å². The molecule has 0 spiro atoms. The first kappa shape index (κ1) is 32.3. The minimum atomic E-state index is -0.233. The number of ether oxygens (including phenoxy) is 2. The third-order valence-electron chi connectivity index (χ3n) is 8.94. The van der Waals surface area contributed by atoms with E-state index in [1.54, 1.807) is 16.2 Å². The summed E-state index contributed by atoms with van der Waals surface area (Å²) in [5.41, 5.74) is 3.20. The number of fused-ring (bicyclic) bond motifs is 2. The number of aryl methyl sites for hydroxylation is 1. The van der Waals surface area contributed by atoms with Gasteiger partial charge < -0.3 is 14.4 Å². The molecule has 8 heteroatoms. The number of unbranched alkanes of at least 4 members (excludes halogenated alkanes) is 6. The Morgan fingerprint density at radius 1 is 0.886 bits per heavy atom. The quantitative estimate of drug-likeness (QED) is 0.119. The molecule has 1 unspecified atom stereocenters. The van der Waals surface area contributed by atoms with Crippen LogP contribution in [-0.4, -0.2) is 55.9 Å².